The smallest absolute Gasteiger partial charge is 0.273 e. The Kier molecular flexibility index (Phi) is 2.48. The molecule has 0 saturated carbocycles. The van der Waals surface area contributed by atoms with Crippen molar-refractivity contribution < 1.29 is 14.6 Å². The largest absolute Gasteiger partial charge is 0.473 e. The number of aromatic nitrogens is 1. The van der Waals surface area contributed by atoms with E-state index in [0.29, 0.717) is 18.4 Å². The lowest BCUT2D eigenvalue weighted by Crippen LogP contribution is -2.15. The molecular weight excluding hydrogens is 190 g/mol. The minimum atomic E-state index is -0.424. The SMILES string of the molecule is COc1nc([C@@H]2COC[C@H]2O)cs1. The molecule has 1 aromatic rings. The van der Waals surface area contributed by atoms with Crippen LogP contribution in [0.4, 0.5) is 0 Å². The number of thiazole rings is 1. The second-order valence-corrected chi connectivity index (χ2v) is 3.77. The molecule has 1 aromatic heterocycles. The highest BCUT2D eigenvalue weighted by Gasteiger charge is 2.29. The van der Waals surface area contributed by atoms with Gasteiger partial charge in [0.05, 0.1) is 38.0 Å². The molecule has 0 aliphatic carbocycles. The topological polar surface area (TPSA) is 51.6 Å². The third-order valence-corrected chi connectivity index (χ3v) is 2.92. The van der Waals surface area contributed by atoms with Crippen LogP contribution >= 0.6 is 11.3 Å². The first-order chi connectivity index (χ1) is 6.31. The van der Waals surface area contributed by atoms with Crippen LogP contribution in [0.15, 0.2) is 5.38 Å². The predicted octanol–water partition coefficient (Wildman–Crippen LogP) is 0.626. The van der Waals surface area contributed by atoms with Crippen LogP contribution in [0.25, 0.3) is 0 Å². The summed E-state index contributed by atoms with van der Waals surface area (Å²) in [5.74, 6) is 0.0140. The van der Waals surface area contributed by atoms with Gasteiger partial charge in [-0.1, -0.05) is 11.3 Å². The van der Waals surface area contributed by atoms with Gasteiger partial charge in [0.25, 0.3) is 5.19 Å². The van der Waals surface area contributed by atoms with Gasteiger partial charge in [-0.3, -0.25) is 0 Å². The fraction of sp³-hybridized carbons (Fsp3) is 0.625. The van der Waals surface area contributed by atoms with Crippen molar-refractivity contribution in [1.82, 2.24) is 4.98 Å². The first kappa shape index (κ1) is 8.93. The van der Waals surface area contributed by atoms with Gasteiger partial charge in [-0.15, -0.1) is 0 Å². The molecule has 13 heavy (non-hydrogen) atoms. The van der Waals surface area contributed by atoms with E-state index in [0.717, 1.165) is 5.69 Å². The molecule has 4 nitrogen and oxygen atoms in total. The lowest BCUT2D eigenvalue weighted by atomic mass is 10.0. The fourth-order valence-corrected chi connectivity index (χ4v) is 2.06. The lowest BCUT2D eigenvalue weighted by molar-refractivity contribution is 0.124. The summed E-state index contributed by atoms with van der Waals surface area (Å²) in [5.41, 5.74) is 0.867. The molecule has 1 fully saturated rings. The van der Waals surface area contributed by atoms with Crippen LogP contribution in [0.1, 0.15) is 11.6 Å². The first-order valence-corrected chi connectivity index (χ1v) is 4.94. The first-order valence-electron chi connectivity index (χ1n) is 4.06. The molecule has 1 aliphatic rings. The number of rotatable bonds is 2. The Morgan fingerprint density at radius 3 is 3.08 bits per heavy atom. The molecule has 72 valence electrons. The maximum absolute atomic E-state index is 9.52. The van der Waals surface area contributed by atoms with E-state index in [2.05, 4.69) is 4.98 Å². The third kappa shape index (κ3) is 1.67. The molecule has 5 heteroatoms. The molecule has 1 saturated heterocycles. The molecule has 1 aliphatic heterocycles. The Balaban J connectivity index is 2.15. The molecule has 2 heterocycles. The Bertz CT molecular complexity index is 289. The van der Waals surface area contributed by atoms with Crippen LogP contribution in [-0.2, 0) is 4.74 Å². The molecule has 1 N–H and O–H groups in total. The molecule has 2 atom stereocenters. The van der Waals surface area contributed by atoms with Crippen molar-refractivity contribution in [3.8, 4) is 5.19 Å². The summed E-state index contributed by atoms with van der Waals surface area (Å²) in [5, 5.41) is 12.1. The van der Waals surface area contributed by atoms with Crippen molar-refractivity contribution in [2.24, 2.45) is 0 Å². The van der Waals surface area contributed by atoms with Crippen LogP contribution in [0.2, 0.25) is 0 Å². The summed E-state index contributed by atoms with van der Waals surface area (Å²) >= 11 is 1.44. The number of methoxy groups -OCH3 is 1. The predicted molar refractivity (Wildman–Crippen MR) is 48.2 cm³/mol. The molecule has 2 rings (SSSR count). The average molecular weight is 201 g/mol. The van der Waals surface area contributed by atoms with Crippen LogP contribution in [-0.4, -0.2) is 36.5 Å². The zero-order chi connectivity index (χ0) is 9.26. The Hall–Kier alpha value is -0.650. The summed E-state index contributed by atoms with van der Waals surface area (Å²) < 4.78 is 10.1. The monoisotopic (exact) mass is 201 g/mol. The number of aliphatic hydroxyl groups is 1. The fourth-order valence-electron chi connectivity index (χ4n) is 1.36. The molecule has 0 bridgehead atoms. The van der Waals surface area contributed by atoms with Gasteiger partial charge in [-0.05, 0) is 0 Å². The third-order valence-electron chi connectivity index (χ3n) is 2.11. The molecule has 0 aromatic carbocycles. The molecule has 0 amide bonds. The highest BCUT2D eigenvalue weighted by Crippen LogP contribution is 2.29. The highest BCUT2D eigenvalue weighted by atomic mass is 32.1. The van der Waals surface area contributed by atoms with Crippen molar-refractivity contribution >= 4 is 11.3 Å². The van der Waals surface area contributed by atoms with Crippen molar-refractivity contribution in [1.29, 1.82) is 0 Å². The van der Waals surface area contributed by atoms with Gasteiger partial charge < -0.3 is 14.6 Å². The van der Waals surface area contributed by atoms with Gasteiger partial charge in [-0.2, -0.15) is 0 Å². The van der Waals surface area contributed by atoms with E-state index in [1.54, 1.807) is 7.11 Å². The van der Waals surface area contributed by atoms with Gasteiger partial charge in [-0.25, -0.2) is 4.98 Å². The summed E-state index contributed by atoms with van der Waals surface area (Å²) in [6.45, 7) is 0.957. The quantitative estimate of drug-likeness (QED) is 0.762. The van der Waals surface area contributed by atoms with Gasteiger partial charge in [0.2, 0.25) is 0 Å². The summed E-state index contributed by atoms with van der Waals surface area (Å²) in [7, 11) is 1.59. The molecular formula is C8H11NO3S. The standard InChI is InChI=1S/C8H11NO3S/c1-11-8-9-6(4-13-8)5-2-12-3-7(5)10/h4-5,7,10H,2-3H2,1H3/t5-,7+/m0/s1. The van der Waals surface area contributed by atoms with Crippen LogP contribution in [0.3, 0.4) is 0 Å². The number of aliphatic hydroxyl groups excluding tert-OH is 1. The number of ether oxygens (including phenoxy) is 2. The van der Waals surface area contributed by atoms with Gasteiger partial charge in [0.1, 0.15) is 0 Å². The van der Waals surface area contributed by atoms with Crippen molar-refractivity contribution in [2.45, 2.75) is 12.0 Å². The van der Waals surface area contributed by atoms with E-state index in [4.69, 9.17) is 9.47 Å². The molecule has 0 unspecified atom stereocenters. The Labute approximate surface area is 80.1 Å². The molecule has 0 radical (unpaired) electrons. The van der Waals surface area contributed by atoms with Crippen molar-refractivity contribution in [3.05, 3.63) is 11.1 Å². The lowest BCUT2D eigenvalue weighted by Gasteiger charge is -2.07. The Morgan fingerprint density at radius 2 is 2.54 bits per heavy atom. The number of hydrogen-bond acceptors (Lipinski definition) is 5. The minimum Gasteiger partial charge on any atom is -0.473 e. The van der Waals surface area contributed by atoms with E-state index in [9.17, 15) is 5.11 Å². The summed E-state index contributed by atoms with van der Waals surface area (Å²) in [4.78, 5) is 4.22. The number of hydrogen-bond donors (Lipinski definition) is 1. The second-order valence-electron chi connectivity index (χ2n) is 2.95. The number of nitrogens with zero attached hydrogens (tertiary/aromatic N) is 1. The van der Waals surface area contributed by atoms with E-state index in [1.165, 1.54) is 11.3 Å². The normalized spacial score (nSPS) is 27.8. The maximum atomic E-state index is 9.52. The van der Waals surface area contributed by atoms with E-state index in [-0.39, 0.29) is 5.92 Å². The van der Waals surface area contributed by atoms with E-state index < -0.39 is 6.10 Å². The Morgan fingerprint density at radius 1 is 1.69 bits per heavy atom. The molecule has 0 spiro atoms. The van der Waals surface area contributed by atoms with E-state index in [1.807, 2.05) is 5.38 Å². The minimum absolute atomic E-state index is 0.0140. The van der Waals surface area contributed by atoms with Gasteiger partial charge >= 0.3 is 0 Å². The highest BCUT2D eigenvalue weighted by molar-refractivity contribution is 7.11. The average Bonchev–Trinajstić information content (AvgIpc) is 2.71. The van der Waals surface area contributed by atoms with Crippen molar-refractivity contribution in [3.63, 3.8) is 0 Å². The van der Waals surface area contributed by atoms with E-state index >= 15 is 0 Å². The van der Waals surface area contributed by atoms with Crippen LogP contribution < -0.4 is 4.74 Å². The van der Waals surface area contributed by atoms with Crippen LogP contribution in [0, 0.1) is 0 Å². The van der Waals surface area contributed by atoms with Crippen LogP contribution in [0.5, 0.6) is 5.19 Å². The second kappa shape index (κ2) is 3.61. The van der Waals surface area contributed by atoms with Gasteiger partial charge in [0.15, 0.2) is 0 Å². The van der Waals surface area contributed by atoms with Crippen molar-refractivity contribution in [2.75, 3.05) is 20.3 Å². The zero-order valence-electron chi connectivity index (χ0n) is 7.27. The maximum Gasteiger partial charge on any atom is 0.273 e. The summed E-state index contributed by atoms with van der Waals surface area (Å²) in [6, 6.07) is 0. The van der Waals surface area contributed by atoms with Gasteiger partial charge in [0, 0.05) is 5.38 Å². The summed E-state index contributed by atoms with van der Waals surface area (Å²) in [6.07, 6.45) is -0.424. The zero-order valence-corrected chi connectivity index (χ0v) is 8.08.